The molecule has 2 aromatic carbocycles. The van der Waals surface area contributed by atoms with E-state index in [4.69, 9.17) is 9.84 Å². The maximum absolute atomic E-state index is 13.9. The molecule has 0 radical (unpaired) electrons. The van der Waals surface area contributed by atoms with Crippen LogP contribution in [0.25, 0.3) is 11.1 Å². The van der Waals surface area contributed by atoms with Crippen molar-refractivity contribution in [3.8, 4) is 22.9 Å². The van der Waals surface area contributed by atoms with Gasteiger partial charge in [0.05, 0.1) is 17.7 Å². The number of hydrogen-bond donors (Lipinski definition) is 1. The Morgan fingerprint density at radius 3 is 2.56 bits per heavy atom. The zero-order chi connectivity index (χ0) is 22.6. The Morgan fingerprint density at radius 2 is 1.94 bits per heavy atom. The minimum Gasteiger partial charge on any atom is -0.487 e. The van der Waals surface area contributed by atoms with Gasteiger partial charge in [-0.3, -0.25) is 9.78 Å². The van der Waals surface area contributed by atoms with Crippen molar-refractivity contribution < 1.29 is 19.0 Å². The number of carboxylic acids is 1. The van der Waals surface area contributed by atoms with Crippen LogP contribution in [0, 0.1) is 17.1 Å². The van der Waals surface area contributed by atoms with Crippen LogP contribution in [0.3, 0.4) is 0 Å². The van der Waals surface area contributed by atoms with Gasteiger partial charge in [-0.15, -0.1) is 0 Å². The van der Waals surface area contributed by atoms with Crippen molar-refractivity contribution in [3.05, 3.63) is 83.4 Å². The van der Waals surface area contributed by atoms with E-state index in [1.807, 2.05) is 30.3 Å². The van der Waals surface area contributed by atoms with E-state index in [0.717, 1.165) is 35.2 Å². The van der Waals surface area contributed by atoms with Gasteiger partial charge in [0.1, 0.15) is 18.2 Å². The fraction of sp³-hybridized carbons (Fsp3) is 0.269. The van der Waals surface area contributed by atoms with E-state index in [2.05, 4.69) is 11.1 Å². The fourth-order valence-electron chi connectivity index (χ4n) is 3.75. The number of benzene rings is 2. The Kier molecular flexibility index (Phi) is 6.18. The molecule has 1 saturated carbocycles. The van der Waals surface area contributed by atoms with E-state index in [-0.39, 0.29) is 24.3 Å². The Labute approximate surface area is 186 Å². The van der Waals surface area contributed by atoms with Gasteiger partial charge in [0, 0.05) is 12.1 Å². The Morgan fingerprint density at radius 1 is 1.16 bits per heavy atom. The van der Waals surface area contributed by atoms with Gasteiger partial charge in [-0.1, -0.05) is 30.3 Å². The molecule has 0 atom stereocenters. The highest BCUT2D eigenvalue weighted by Gasteiger charge is 2.44. The number of hydrogen-bond acceptors (Lipinski definition) is 4. The van der Waals surface area contributed by atoms with Gasteiger partial charge in [0.2, 0.25) is 0 Å². The third-order valence-electron chi connectivity index (χ3n) is 5.80. The first-order valence-corrected chi connectivity index (χ1v) is 10.6. The van der Waals surface area contributed by atoms with Gasteiger partial charge in [-0.05, 0) is 72.2 Å². The lowest BCUT2D eigenvalue weighted by Crippen LogP contribution is -2.03. The van der Waals surface area contributed by atoms with Crippen LogP contribution in [0.1, 0.15) is 42.5 Å². The number of carboxylic acid groups (broad SMARTS) is 1. The standard InChI is InChI=1S/C26H23FN2O3/c27-21-8-11-24(18-4-6-20(7-5-18)26(17-28)12-13-26)19(14-21)16-32-23-10-9-22(29-15-23)2-1-3-25(30)31/h4-11,14-15H,1-3,12-13,16H2,(H,30,31). The van der Waals surface area contributed by atoms with Crippen LogP contribution in [0.15, 0.2) is 60.8 Å². The summed E-state index contributed by atoms with van der Waals surface area (Å²) in [7, 11) is 0. The number of rotatable bonds is 9. The number of nitrogens with zero attached hydrogens (tertiary/aromatic N) is 2. The van der Waals surface area contributed by atoms with Crippen LogP contribution in [0.5, 0.6) is 5.75 Å². The van der Waals surface area contributed by atoms with Gasteiger partial charge in [0.25, 0.3) is 0 Å². The lowest BCUT2D eigenvalue weighted by atomic mass is 9.93. The average molecular weight is 430 g/mol. The fourth-order valence-corrected chi connectivity index (χ4v) is 3.75. The maximum atomic E-state index is 13.9. The quantitative estimate of drug-likeness (QED) is 0.489. The molecule has 6 heteroatoms. The first-order valence-electron chi connectivity index (χ1n) is 10.6. The molecular weight excluding hydrogens is 407 g/mol. The van der Waals surface area contributed by atoms with Gasteiger partial charge in [-0.25, -0.2) is 4.39 Å². The third kappa shape index (κ3) is 4.94. The highest BCUT2D eigenvalue weighted by atomic mass is 19.1. The monoisotopic (exact) mass is 430 g/mol. The molecule has 32 heavy (non-hydrogen) atoms. The summed E-state index contributed by atoms with van der Waals surface area (Å²) < 4.78 is 19.8. The van der Waals surface area contributed by atoms with Crippen LogP contribution in [0.2, 0.25) is 0 Å². The Balaban J connectivity index is 1.45. The number of halogens is 1. The normalized spacial score (nSPS) is 13.9. The van der Waals surface area contributed by atoms with Crippen molar-refractivity contribution >= 4 is 5.97 Å². The number of aryl methyl sites for hydroxylation is 1. The molecule has 1 fully saturated rings. The predicted octanol–water partition coefficient (Wildman–Crippen LogP) is 5.43. The molecule has 5 nitrogen and oxygen atoms in total. The topological polar surface area (TPSA) is 83.2 Å². The van der Waals surface area contributed by atoms with E-state index in [0.29, 0.717) is 24.2 Å². The summed E-state index contributed by atoms with van der Waals surface area (Å²) in [6, 6.07) is 18.5. The van der Waals surface area contributed by atoms with Crippen LogP contribution in [-0.2, 0) is 23.2 Å². The summed E-state index contributed by atoms with van der Waals surface area (Å²) in [6.07, 6.45) is 4.62. The first-order chi connectivity index (χ1) is 15.5. The second-order valence-electron chi connectivity index (χ2n) is 8.09. The largest absolute Gasteiger partial charge is 0.487 e. The van der Waals surface area contributed by atoms with Crippen molar-refractivity contribution in [1.29, 1.82) is 5.26 Å². The SMILES string of the molecule is N#CC1(c2ccc(-c3ccc(F)cc3COc3ccc(CCCC(=O)O)nc3)cc2)CC1. The van der Waals surface area contributed by atoms with E-state index in [9.17, 15) is 14.4 Å². The molecule has 0 amide bonds. The molecule has 162 valence electrons. The summed E-state index contributed by atoms with van der Waals surface area (Å²) in [4.78, 5) is 14.9. The zero-order valence-electron chi connectivity index (χ0n) is 17.6. The van der Waals surface area contributed by atoms with Crippen molar-refractivity contribution in [1.82, 2.24) is 4.98 Å². The van der Waals surface area contributed by atoms with E-state index >= 15 is 0 Å². The van der Waals surface area contributed by atoms with Crippen molar-refractivity contribution in [3.63, 3.8) is 0 Å². The maximum Gasteiger partial charge on any atom is 0.303 e. The molecule has 0 saturated heterocycles. The van der Waals surface area contributed by atoms with Gasteiger partial charge in [0.15, 0.2) is 0 Å². The number of pyridine rings is 1. The summed E-state index contributed by atoms with van der Waals surface area (Å²) in [5, 5.41) is 18.1. The molecule has 1 aromatic heterocycles. The molecule has 1 N–H and O–H groups in total. The molecule has 1 heterocycles. The molecular formula is C26H23FN2O3. The van der Waals surface area contributed by atoms with Gasteiger partial charge >= 0.3 is 5.97 Å². The molecule has 4 rings (SSSR count). The summed E-state index contributed by atoms with van der Waals surface area (Å²) in [5.74, 6) is -0.595. The van der Waals surface area contributed by atoms with E-state index in [1.165, 1.54) is 12.1 Å². The van der Waals surface area contributed by atoms with Crippen molar-refractivity contribution in [2.24, 2.45) is 0 Å². The summed E-state index contributed by atoms with van der Waals surface area (Å²) in [5.41, 5.74) is 4.02. The van der Waals surface area contributed by atoms with Gasteiger partial charge in [-0.2, -0.15) is 5.26 Å². The summed E-state index contributed by atoms with van der Waals surface area (Å²) in [6.45, 7) is 0.178. The summed E-state index contributed by atoms with van der Waals surface area (Å²) >= 11 is 0. The molecule has 1 aliphatic carbocycles. The molecule has 0 bridgehead atoms. The number of ether oxygens (including phenoxy) is 1. The molecule has 3 aromatic rings. The highest BCUT2D eigenvalue weighted by molar-refractivity contribution is 5.68. The Bertz CT molecular complexity index is 1150. The smallest absolute Gasteiger partial charge is 0.303 e. The number of aromatic nitrogens is 1. The molecule has 0 unspecified atom stereocenters. The lowest BCUT2D eigenvalue weighted by Gasteiger charge is -2.13. The number of nitriles is 1. The Hall–Kier alpha value is -3.72. The second kappa shape index (κ2) is 9.19. The first kappa shape index (κ1) is 21.5. The molecule has 0 spiro atoms. The van der Waals surface area contributed by atoms with Crippen LogP contribution < -0.4 is 4.74 Å². The average Bonchev–Trinajstić information content (AvgIpc) is 3.60. The lowest BCUT2D eigenvalue weighted by molar-refractivity contribution is -0.137. The minimum absolute atomic E-state index is 0.112. The minimum atomic E-state index is -0.817. The highest BCUT2D eigenvalue weighted by Crippen LogP contribution is 2.47. The van der Waals surface area contributed by atoms with Gasteiger partial charge < -0.3 is 9.84 Å². The molecule has 1 aliphatic rings. The molecule has 0 aliphatic heterocycles. The van der Waals surface area contributed by atoms with Crippen molar-refractivity contribution in [2.75, 3.05) is 0 Å². The zero-order valence-corrected chi connectivity index (χ0v) is 17.6. The van der Waals surface area contributed by atoms with Crippen LogP contribution in [0.4, 0.5) is 4.39 Å². The predicted molar refractivity (Wildman–Crippen MR) is 118 cm³/mol. The third-order valence-corrected chi connectivity index (χ3v) is 5.80. The number of aliphatic carboxylic acids is 1. The van der Waals surface area contributed by atoms with Crippen LogP contribution >= 0.6 is 0 Å². The van der Waals surface area contributed by atoms with E-state index < -0.39 is 5.97 Å². The van der Waals surface area contributed by atoms with E-state index in [1.54, 1.807) is 18.3 Å². The van der Waals surface area contributed by atoms with Crippen LogP contribution in [-0.4, -0.2) is 16.1 Å². The van der Waals surface area contributed by atoms with Crippen molar-refractivity contribution in [2.45, 2.75) is 44.1 Å². The second-order valence-corrected chi connectivity index (χ2v) is 8.09. The number of carbonyl (C=O) groups is 1.